The summed E-state index contributed by atoms with van der Waals surface area (Å²) in [5.41, 5.74) is 0.793. The van der Waals surface area contributed by atoms with Crippen molar-refractivity contribution in [3.05, 3.63) is 40.8 Å². The summed E-state index contributed by atoms with van der Waals surface area (Å²) in [6.07, 6.45) is 1.84. The minimum absolute atomic E-state index is 0.0539. The second-order valence-corrected chi connectivity index (χ2v) is 6.02. The van der Waals surface area contributed by atoms with Gasteiger partial charge >= 0.3 is 5.97 Å². The number of nitrogens with zero attached hydrogens (tertiary/aromatic N) is 1. The van der Waals surface area contributed by atoms with Crippen LogP contribution in [0.2, 0.25) is 0 Å². The van der Waals surface area contributed by atoms with Crippen molar-refractivity contribution in [3.8, 4) is 0 Å². The Morgan fingerprint density at radius 1 is 1.21 bits per heavy atom. The predicted octanol–water partition coefficient (Wildman–Crippen LogP) is 1.70. The fourth-order valence-corrected chi connectivity index (χ4v) is 2.84. The molecule has 1 aromatic carbocycles. The Labute approximate surface area is 142 Å². The molecule has 1 aliphatic heterocycles. The van der Waals surface area contributed by atoms with Crippen molar-refractivity contribution in [2.45, 2.75) is 12.8 Å². The molecule has 0 spiro atoms. The Morgan fingerprint density at radius 3 is 2.58 bits per heavy atom. The van der Waals surface area contributed by atoms with Crippen LogP contribution in [0.25, 0.3) is 6.08 Å². The van der Waals surface area contributed by atoms with E-state index in [2.05, 4.69) is 5.32 Å². The molecular weight excluding hydrogens is 332 g/mol. The third-order valence-corrected chi connectivity index (χ3v) is 4.07. The lowest BCUT2D eigenvalue weighted by Gasteiger charge is -2.12. The quantitative estimate of drug-likeness (QED) is 0.574. The molecule has 1 fully saturated rings. The largest absolute Gasteiger partial charge is 0.481 e. The van der Waals surface area contributed by atoms with Gasteiger partial charge in [-0.2, -0.15) is 0 Å². The zero-order valence-electron chi connectivity index (χ0n) is 12.7. The number of benzene rings is 1. The maximum Gasteiger partial charge on any atom is 0.303 e. The van der Waals surface area contributed by atoms with Crippen molar-refractivity contribution in [2.24, 2.45) is 0 Å². The summed E-state index contributed by atoms with van der Waals surface area (Å²) in [4.78, 5) is 47.4. The van der Waals surface area contributed by atoms with Gasteiger partial charge < -0.3 is 10.4 Å². The zero-order chi connectivity index (χ0) is 17.5. The highest BCUT2D eigenvalue weighted by molar-refractivity contribution is 8.18. The van der Waals surface area contributed by atoms with Crippen LogP contribution in [0.5, 0.6) is 0 Å². The summed E-state index contributed by atoms with van der Waals surface area (Å²) in [6, 6.07) is 9.10. The molecule has 3 amide bonds. The first-order chi connectivity index (χ1) is 11.5. The van der Waals surface area contributed by atoms with E-state index in [9.17, 15) is 19.2 Å². The number of imide groups is 1. The number of thioether (sulfide) groups is 1. The Balaban J connectivity index is 1.91. The zero-order valence-corrected chi connectivity index (χ0v) is 13.5. The molecule has 0 aliphatic carbocycles. The lowest BCUT2D eigenvalue weighted by molar-refractivity contribution is -0.137. The second kappa shape index (κ2) is 8.30. The van der Waals surface area contributed by atoms with Gasteiger partial charge in [0.25, 0.3) is 11.1 Å². The number of carbonyl (C=O) groups is 4. The van der Waals surface area contributed by atoms with Gasteiger partial charge in [-0.15, -0.1) is 0 Å². The Morgan fingerprint density at radius 2 is 1.92 bits per heavy atom. The van der Waals surface area contributed by atoms with Gasteiger partial charge in [-0.05, 0) is 29.8 Å². The minimum atomic E-state index is -0.943. The van der Waals surface area contributed by atoms with Gasteiger partial charge in [-0.3, -0.25) is 24.1 Å². The SMILES string of the molecule is O=C(O)CCCNC(=O)CN1C(=O)S/C(=C\c2ccccc2)C1=O. The van der Waals surface area contributed by atoms with Gasteiger partial charge in [0.05, 0.1) is 4.91 Å². The number of carboxylic acid groups (broad SMARTS) is 1. The second-order valence-electron chi connectivity index (χ2n) is 5.03. The van der Waals surface area contributed by atoms with E-state index in [4.69, 9.17) is 5.11 Å². The summed E-state index contributed by atoms with van der Waals surface area (Å²) in [5.74, 6) is -1.94. The molecule has 2 N–H and O–H groups in total. The van der Waals surface area contributed by atoms with Crippen LogP contribution in [-0.4, -0.2) is 46.1 Å². The molecule has 0 bridgehead atoms. The first-order valence-corrected chi connectivity index (χ1v) is 8.08. The maximum atomic E-state index is 12.2. The van der Waals surface area contributed by atoms with Crippen LogP contribution in [-0.2, 0) is 14.4 Å². The van der Waals surface area contributed by atoms with Gasteiger partial charge in [-0.25, -0.2) is 0 Å². The van der Waals surface area contributed by atoms with Crippen LogP contribution < -0.4 is 5.32 Å². The van der Waals surface area contributed by atoms with E-state index in [0.29, 0.717) is 0 Å². The molecule has 1 aliphatic rings. The fourth-order valence-electron chi connectivity index (χ4n) is 2.00. The van der Waals surface area contributed by atoms with Crippen LogP contribution in [0.4, 0.5) is 4.79 Å². The normalized spacial score (nSPS) is 15.8. The van der Waals surface area contributed by atoms with E-state index in [1.807, 2.05) is 30.3 Å². The molecular formula is C16H16N2O5S. The smallest absolute Gasteiger partial charge is 0.303 e. The molecule has 1 aromatic rings. The van der Waals surface area contributed by atoms with E-state index in [-0.39, 0.29) is 30.8 Å². The first-order valence-electron chi connectivity index (χ1n) is 7.26. The number of rotatable bonds is 7. The molecule has 1 heterocycles. The van der Waals surface area contributed by atoms with Crippen molar-refractivity contribution in [1.82, 2.24) is 10.2 Å². The number of amides is 3. The van der Waals surface area contributed by atoms with E-state index in [1.165, 1.54) is 0 Å². The van der Waals surface area contributed by atoms with Crippen LogP contribution >= 0.6 is 11.8 Å². The highest BCUT2D eigenvalue weighted by Crippen LogP contribution is 2.31. The van der Waals surface area contributed by atoms with Crippen LogP contribution in [0.1, 0.15) is 18.4 Å². The van der Waals surface area contributed by atoms with Gasteiger partial charge in [-0.1, -0.05) is 30.3 Å². The number of hydrogen-bond acceptors (Lipinski definition) is 5. The van der Waals surface area contributed by atoms with Gasteiger partial charge in [0.2, 0.25) is 5.91 Å². The number of aliphatic carboxylic acids is 1. The van der Waals surface area contributed by atoms with E-state index in [1.54, 1.807) is 6.08 Å². The summed E-state index contributed by atoms with van der Waals surface area (Å²) < 4.78 is 0. The average molecular weight is 348 g/mol. The van der Waals surface area contributed by atoms with Crippen molar-refractivity contribution >= 4 is 40.9 Å². The van der Waals surface area contributed by atoms with Crippen LogP contribution in [0.3, 0.4) is 0 Å². The van der Waals surface area contributed by atoms with Crippen molar-refractivity contribution < 1.29 is 24.3 Å². The fraction of sp³-hybridized carbons (Fsp3) is 0.250. The summed E-state index contributed by atoms with van der Waals surface area (Å²) in [6.45, 7) is -0.189. The van der Waals surface area contributed by atoms with E-state index >= 15 is 0 Å². The number of nitrogens with one attached hydrogen (secondary N) is 1. The monoisotopic (exact) mass is 348 g/mol. The molecule has 126 valence electrons. The maximum absolute atomic E-state index is 12.2. The highest BCUT2D eigenvalue weighted by atomic mass is 32.2. The lowest BCUT2D eigenvalue weighted by Crippen LogP contribution is -2.39. The molecule has 0 saturated carbocycles. The number of carboxylic acids is 1. The predicted molar refractivity (Wildman–Crippen MR) is 89.0 cm³/mol. The van der Waals surface area contributed by atoms with Crippen molar-refractivity contribution in [1.29, 1.82) is 0 Å². The average Bonchev–Trinajstić information content (AvgIpc) is 2.80. The third-order valence-electron chi connectivity index (χ3n) is 3.16. The molecule has 0 aromatic heterocycles. The van der Waals surface area contributed by atoms with E-state index < -0.39 is 23.0 Å². The Hall–Kier alpha value is -2.61. The summed E-state index contributed by atoms with van der Waals surface area (Å²) >= 11 is 0.792. The molecule has 0 radical (unpaired) electrons. The Kier molecular flexibility index (Phi) is 6.14. The van der Waals surface area contributed by atoms with Gasteiger partial charge in [0, 0.05) is 13.0 Å². The lowest BCUT2D eigenvalue weighted by atomic mass is 10.2. The van der Waals surface area contributed by atoms with Crippen molar-refractivity contribution in [2.75, 3.05) is 13.1 Å². The van der Waals surface area contributed by atoms with E-state index in [0.717, 1.165) is 22.2 Å². The van der Waals surface area contributed by atoms with Gasteiger partial charge in [0.1, 0.15) is 6.54 Å². The third kappa shape index (κ3) is 4.95. The molecule has 24 heavy (non-hydrogen) atoms. The molecule has 2 rings (SSSR count). The summed E-state index contributed by atoms with van der Waals surface area (Å²) in [7, 11) is 0. The molecule has 1 saturated heterocycles. The minimum Gasteiger partial charge on any atom is -0.481 e. The van der Waals surface area contributed by atoms with Crippen LogP contribution in [0.15, 0.2) is 35.2 Å². The van der Waals surface area contributed by atoms with Gasteiger partial charge in [0.15, 0.2) is 0 Å². The summed E-state index contributed by atoms with van der Waals surface area (Å²) in [5, 5.41) is 10.5. The van der Waals surface area contributed by atoms with Crippen molar-refractivity contribution in [3.63, 3.8) is 0 Å². The Bertz CT molecular complexity index is 687. The number of carbonyl (C=O) groups excluding carboxylic acids is 3. The standard InChI is InChI=1S/C16H16N2O5S/c19-13(17-8-4-7-14(20)21)10-18-15(22)12(24-16(18)23)9-11-5-2-1-3-6-11/h1-3,5-6,9H,4,7-8,10H2,(H,17,19)(H,20,21)/b12-9-. The molecule has 7 nitrogen and oxygen atoms in total. The number of hydrogen-bond donors (Lipinski definition) is 2. The van der Waals surface area contributed by atoms with Crippen LogP contribution in [0, 0.1) is 0 Å². The first kappa shape index (κ1) is 17.7. The molecule has 8 heteroatoms. The highest BCUT2D eigenvalue weighted by Gasteiger charge is 2.36. The topological polar surface area (TPSA) is 104 Å². The molecule has 0 unspecified atom stereocenters. The molecule has 0 atom stereocenters.